The molecular weight excluding hydrogens is 288 g/mol. The summed E-state index contributed by atoms with van der Waals surface area (Å²) in [4.78, 5) is 23.8. The summed E-state index contributed by atoms with van der Waals surface area (Å²) in [6.45, 7) is -0.0829. The minimum absolute atomic E-state index is 0.0829. The van der Waals surface area contributed by atoms with E-state index < -0.39 is 38.4 Å². The van der Waals surface area contributed by atoms with E-state index in [4.69, 9.17) is 0 Å². The Morgan fingerprint density at radius 2 is 2.30 bits per heavy atom. The average molecular weight is 301 g/mol. The van der Waals surface area contributed by atoms with Crippen LogP contribution in [0.15, 0.2) is 12.4 Å². The average Bonchev–Trinajstić information content (AvgIpc) is 2.81. The van der Waals surface area contributed by atoms with Crippen LogP contribution >= 0.6 is 0 Å². The van der Waals surface area contributed by atoms with Crippen molar-refractivity contribution >= 4 is 21.7 Å². The van der Waals surface area contributed by atoms with E-state index in [1.54, 1.807) is 19.4 Å². The van der Waals surface area contributed by atoms with Crippen molar-refractivity contribution in [3.8, 4) is 0 Å². The van der Waals surface area contributed by atoms with E-state index in [1.165, 1.54) is 9.36 Å². The first-order valence-electron chi connectivity index (χ1n) is 5.98. The van der Waals surface area contributed by atoms with Gasteiger partial charge in [-0.25, -0.2) is 13.2 Å². The van der Waals surface area contributed by atoms with Gasteiger partial charge in [0.15, 0.2) is 28.3 Å². The van der Waals surface area contributed by atoms with E-state index in [2.05, 4.69) is 5.21 Å². The van der Waals surface area contributed by atoms with Gasteiger partial charge in [0.2, 0.25) is 5.91 Å². The topological polar surface area (TPSA) is 113 Å². The number of aryl methyl sites for hydroxylation is 1. The maximum absolute atomic E-state index is 12.3. The number of carboxylic acid groups (broad SMARTS) is 1. The van der Waals surface area contributed by atoms with Crippen LogP contribution in [0.3, 0.4) is 0 Å². The van der Waals surface area contributed by atoms with Gasteiger partial charge in [0, 0.05) is 0 Å². The normalized spacial score (nSPS) is 30.9. The van der Waals surface area contributed by atoms with Crippen molar-refractivity contribution in [2.75, 3.05) is 0 Å². The number of carboxylic acids is 1. The molecule has 3 rings (SSSR count). The standard InChI is InChI=1S/C10H12N4O5S/c1-12-2-3-13(11-12)5-6-9(10(16)17)14-7(15)4-8(14)20(6,18)19/h2-3,6,8-9H,4-5H2,1H3/p+1. The second-order valence-corrected chi connectivity index (χ2v) is 7.28. The molecule has 2 fully saturated rings. The van der Waals surface area contributed by atoms with E-state index in [0.29, 0.717) is 0 Å². The number of aliphatic carboxylic acids is 1. The number of fused-ring (bicyclic) bond motifs is 1. The van der Waals surface area contributed by atoms with Gasteiger partial charge in [0.1, 0.15) is 24.2 Å². The van der Waals surface area contributed by atoms with Crippen molar-refractivity contribution in [2.24, 2.45) is 7.05 Å². The summed E-state index contributed by atoms with van der Waals surface area (Å²) < 4.78 is 27.5. The summed E-state index contributed by atoms with van der Waals surface area (Å²) in [6.07, 6.45) is 3.05. The summed E-state index contributed by atoms with van der Waals surface area (Å²) in [5.74, 6) is -1.73. The molecule has 0 aromatic carbocycles. The first kappa shape index (κ1) is 13.0. The minimum atomic E-state index is -3.69. The van der Waals surface area contributed by atoms with Crippen LogP contribution in [0.4, 0.5) is 0 Å². The van der Waals surface area contributed by atoms with Crippen LogP contribution in [-0.2, 0) is 33.0 Å². The lowest BCUT2D eigenvalue weighted by Crippen LogP contribution is -2.56. The quantitative estimate of drug-likeness (QED) is 0.488. The molecule has 10 heteroatoms. The number of rotatable bonds is 3. The molecule has 3 unspecified atom stereocenters. The fraction of sp³-hybridized carbons (Fsp3) is 0.600. The zero-order valence-electron chi connectivity index (χ0n) is 10.6. The molecule has 2 aliphatic heterocycles. The molecule has 3 heterocycles. The third-order valence-corrected chi connectivity index (χ3v) is 6.13. The fourth-order valence-corrected chi connectivity index (χ4v) is 5.06. The second kappa shape index (κ2) is 4.01. The summed E-state index contributed by atoms with van der Waals surface area (Å²) in [6, 6.07) is -1.33. The molecular formula is C10H13N4O5S+. The molecule has 0 saturated carbocycles. The van der Waals surface area contributed by atoms with Crippen molar-refractivity contribution in [3.05, 3.63) is 12.4 Å². The molecule has 1 aromatic rings. The maximum Gasteiger partial charge on any atom is 0.327 e. The highest BCUT2D eigenvalue weighted by Crippen LogP contribution is 2.39. The smallest absolute Gasteiger partial charge is 0.327 e. The van der Waals surface area contributed by atoms with Gasteiger partial charge in [0.05, 0.1) is 11.6 Å². The molecule has 0 bridgehead atoms. The van der Waals surface area contributed by atoms with E-state index >= 15 is 0 Å². The van der Waals surface area contributed by atoms with Crippen LogP contribution in [0.1, 0.15) is 6.42 Å². The fourth-order valence-electron chi connectivity index (χ4n) is 2.75. The third kappa shape index (κ3) is 1.64. The number of carbonyl (C=O) groups is 2. The molecule has 0 aliphatic carbocycles. The highest BCUT2D eigenvalue weighted by Gasteiger charge is 2.64. The number of carbonyl (C=O) groups excluding carboxylic acids is 1. The first-order valence-corrected chi connectivity index (χ1v) is 7.59. The van der Waals surface area contributed by atoms with Crippen molar-refractivity contribution in [2.45, 2.75) is 29.6 Å². The Labute approximate surface area is 114 Å². The van der Waals surface area contributed by atoms with Gasteiger partial charge in [0.25, 0.3) is 0 Å². The van der Waals surface area contributed by atoms with Gasteiger partial charge < -0.3 is 10.0 Å². The number of hydrogen-bond acceptors (Lipinski definition) is 5. The van der Waals surface area contributed by atoms with Gasteiger partial charge in [-0.15, -0.1) is 9.36 Å². The number of nitrogens with zero attached hydrogens (tertiary/aromatic N) is 4. The largest absolute Gasteiger partial charge is 0.480 e. The lowest BCUT2D eigenvalue weighted by Gasteiger charge is -2.34. The Kier molecular flexibility index (Phi) is 2.61. The molecule has 1 N–H and O–H groups in total. The van der Waals surface area contributed by atoms with Crippen molar-refractivity contribution in [1.29, 1.82) is 0 Å². The van der Waals surface area contributed by atoms with Gasteiger partial charge in [-0.1, -0.05) is 0 Å². The number of β-lactam (4-membered cyclic amide) rings is 1. The lowest BCUT2D eigenvalue weighted by atomic mass is 10.1. The lowest BCUT2D eigenvalue weighted by molar-refractivity contribution is -0.732. The van der Waals surface area contributed by atoms with Gasteiger partial charge >= 0.3 is 5.97 Å². The van der Waals surface area contributed by atoms with E-state index in [0.717, 1.165) is 4.90 Å². The monoisotopic (exact) mass is 301 g/mol. The highest BCUT2D eigenvalue weighted by atomic mass is 32.2. The maximum atomic E-state index is 12.3. The Hall–Kier alpha value is -1.97. The predicted octanol–water partition coefficient (Wildman–Crippen LogP) is -2.48. The van der Waals surface area contributed by atoms with Gasteiger partial charge in [-0.3, -0.25) is 4.79 Å². The summed E-state index contributed by atoms with van der Waals surface area (Å²) in [5, 5.41) is 11.1. The van der Waals surface area contributed by atoms with Crippen LogP contribution in [0.25, 0.3) is 0 Å². The Bertz CT molecular complexity index is 696. The van der Waals surface area contributed by atoms with Crippen LogP contribution in [-0.4, -0.2) is 56.9 Å². The number of amides is 1. The SMILES string of the molecule is C[n+]1ccn(CC2C(C(=O)O)N3C(=O)CC3S2(=O)=O)n1. The Morgan fingerprint density at radius 1 is 1.60 bits per heavy atom. The molecule has 1 aromatic heterocycles. The molecule has 9 nitrogen and oxygen atoms in total. The molecule has 2 aliphatic rings. The third-order valence-electron chi connectivity index (χ3n) is 3.73. The predicted molar refractivity (Wildman–Crippen MR) is 62.8 cm³/mol. The molecule has 2 saturated heterocycles. The van der Waals surface area contributed by atoms with Gasteiger partial charge in [-0.05, 0) is 0 Å². The number of aromatic nitrogens is 3. The molecule has 3 atom stereocenters. The summed E-state index contributed by atoms with van der Waals surface area (Å²) in [5.41, 5.74) is 0. The number of sulfone groups is 1. The van der Waals surface area contributed by atoms with Crippen LogP contribution < -0.4 is 4.68 Å². The van der Waals surface area contributed by atoms with E-state index in [-0.39, 0.29) is 13.0 Å². The number of hydrogen-bond donors (Lipinski definition) is 1. The second-order valence-electron chi connectivity index (χ2n) is 4.95. The zero-order chi connectivity index (χ0) is 14.7. The first-order chi connectivity index (χ1) is 9.32. The van der Waals surface area contributed by atoms with Crippen molar-refractivity contribution < 1.29 is 27.8 Å². The van der Waals surface area contributed by atoms with E-state index in [1.807, 2.05) is 0 Å². The van der Waals surface area contributed by atoms with Crippen LogP contribution in [0, 0.1) is 0 Å². The molecule has 0 radical (unpaired) electrons. The van der Waals surface area contributed by atoms with Crippen molar-refractivity contribution in [3.63, 3.8) is 0 Å². The molecule has 108 valence electrons. The zero-order valence-corrected chi connectivity index (χ0v) is 11.4. The van der Waals surface area contributed by atoms with Gasteiger partial charge in [-0.2, -0.15) is 0 Å². The summed E-state index contributed by atoms with van der Waals surface area (Å²) >= 11 is 0. The van der Waals surface area contributed by atoms with Crippen LogP contribution in [0.2, 0.25) is 0 Å². The molecule has 1 amide bonds. The molecule has 20 heavy (non-hydrogen) atoms. The van der Waals surface area contributed by atoms with Crippen LogP contribution in [0.5, 0.6) is 0 Å². The minimum Gasteiger partial charge on any atom is -0.480 e. The summed E-state index contributed by atoms with van der Waals surface area (Å²) in [7, 11) is -2.02. The Balaban J connectivity index is 1.98. The highest BCUT2D eigenvalue weighted by molar-refractivity contribution is 7.93. The Morgan fingerprint density at radius 3 is 2.80 bits per heavy atom. The molecule has 0 spiro atoms. The van der Waals surface area contributed by atoms with Crippen molar-refractivity contribution in [1.82, 2.24) is 14.8 Å². The van der Waals surface area contributed by atoms with E-state index in [9.17, 15) is 23.1 Å².